The van der Waals surface area contributed by atoms with E-state index in [9.17, 15) is 0 Å². The van der Waals surface area contributed by atoms with Crippen LogP contribution in [-0.4, -0.2) is 31.5 Å². The SMILES string of the molecule is CCCCCc1cc(OCCOCCO)c2c(c1)OC(C)(C)c1ccc(C)cc1-2. The van der Waals surface area contributed by atoms with Crippen LogP contribution in [-0.2, 0) is 16.8 Å². The Morgan fingerprint density at radius 3 is 2.62 bits per heavy atom. The Kier molecular flexibility index (Phi) is 7.20. The number of aliphatic hydroxyl groups excluding tert-OH is 1. The van der Waals surface area contributed by atoms with Gasteiger partial charge in [0.15, 0.2) is 0 Å². The van der Waals surface area contributed by atoms with Crippen molar-refractivity contribution in [2.75, 3.05) is 26.4 Å². The molecule has 2 aromatic carbocycles. The van der Waals surface area contributed by atoms with Crippen LogP contribution in [0.5, 0.6) is 11.5 Å². The fourth-order valence-electron chi connectivity index (χ4n) is 3.92. The summed E-state index contributed by atoms with van der Waals surface area (Å²) in [5, 5.41) is 8.88. The summed E-state index contributed by atoms with van der Waals surface area (Å²) in [5.74, 6) is 1.75. The highest BCUT2D eigenvalue weighted by atomic mass is 16.5. The number of hydrogen-bond donors (Lipinski definition) is 1. The van der Waals surface area contributed by atoms with Gasteiger partial charge in [0, 0.05) is 5.56 Å². The lowest BCUT2D eigenvalue weighted by atomic mass is 9.84. The Balaban J connectivity index is 1.98. The maximum atomic E-state index is 8.88. The monoisotopic (exact) mass is 398 g/mol. The maximum absolute atomic E-state index is 8.88. The molecule has 3 rings (SSSR count). The van der Waals surface area contributed by atoms with Gasteiger partial charge in [-0.3, -0.25) is 0 Å². The van der Waals surface area contributed by atoms with Crippen LogP contribution in [0.1, 0.15) is 56.7 Å². The number of rotatable bonds is 10. The summed E-state index contributed by atoms with van der Waals surface area (Å²) in [6, 6.07) is 10.9. The Hall–Kier alpha value is -2.04. The van der Waals surface area contributed by atoms with Gasteiger partial charge in [0.25, 0.3) is 0 Å². The number of unbranched alkanes of at least 4 members (excludes halogenated alkanes) is 2. The first kappa shape index (κ1) is 21.7. The predicted molar refractivity (Wildman–Crippen MR) is 117 cm³/mol. The van der Waals surface area contributed by atoms with Gasteiger partial charge < -0.3 is 19.3 Å². The van der Waals surface area contributed by atoms with Crippen LogP contribution in [0.2, 0.25) is 0 Å². The van der Waals surface area contributed by atoms with Gasteiger partial charge in [-0.2, -0.15) is 0 Å². The van der Waals surface area contributed by atoms with Crippen LogP contribution in [0.4, 0.5) is 0 Å². The molecule has 0 radical (unpaired) electrons. The highest BCUT2D eigenvalue weighted by molar-refractivity contribution is 5.82. The molecule has 158 valence electrons. The minimum Gasteiger partial charge on any atom is -0.490 e. The van der Waals surface area contributed by atoms with E-state index in [-0.39, 0.29) is 12.2 Å². The molecule has 0 fully saturated rings. The minimum absolute atomic E-state index is 0.0257. The molecule has 1 aliphatic heterocycles. The van der Waals surface area contributed by atoms with Crippen molar-refractivity contribution < 1.29 is 19.3 Å². The first-order valence-electron chi connectivity index (χ1n) is 10.7. The molecule has 0 spiro atoms. The predicted octanol–water partition coefficient (Wildman–Crippen LogP) is 5.41. The number of fused-ring (bicyclic) bond motifs is 3. The van der Waals surface area contributed by atoms with Gasteiger partial charge in [-0.25, -0.2) is 0 Å². The Morgan fingerprint density at radius 2 is 1.86 bits per heavy atom. The van der Waals surface area contributed by atoms with Crippen LogP contribution in [0.25, 0.3) is 11.1 Å². The van der Waals surface area contributed by atoms with Crippen molar-refractivity contribution in [3.8, 4) is 22.6 Å². The molecule has 0 aliphatic carbocycles. The molecule has 2 aromatic rings. The second-order valence-corrected chi connectivity index (χ2v) is 8.27. The summed E-state index contributed by atoms with van der Waals surface area (Å²) in [5.41, 5.74) is 5.47. The fourth-order valence-corrected chi connectivity index (χ4v) is 3.92. The number of aryl methyl sites for hydroxylation is 2. The topological polar surface area (TPSA) is 47.9 Å². The minimum atomic E-state index is -0.389. The molecule has 29 heavy (non-hydrogen) atoms. The van der Waals surface area contributed by atoms with Crippen molar-refractivity contribution in [1.29, 1.82) is 0 Å². The standard InChI is InChI=1S/C25H34O4/c1-5-6-7-8-19-16-22(28-14-13-27-12-11-26)24-20-15-18(2)9-10-21(20)25(3,4)29-23(24)17-19/h9-10,15-17,26H,5-8,11-14H2,1-4H3. The summed E-state index contributed by atoms with van der Waals surface area (Å²) >= 11 is 0. The smallest absolute Gasteiger partial charge is 0.132 e. The van der Waals surface area contributed by atoms with Crippen LogP contribution in [0, 0.1) is 6.92 Å². The number of hydrogen-bond acceptors (Lipinski definition) is 4. The number of benzene rings is 2. The molecule has 0 amide bonds. The van der Waals surface area contributed by atoms with Gasteiger partial charge in [0.1, 0.15) is 23.7 Å². The van der Waals surface area contributed by atoms with Gasteiger partial charge in [-0.05, 0) is 56.9 Å². The molecule has 0 bridgehead atoms. The van der Waals surface area contributed by atoms with E-state index in [0.717, 1.165) is 29.9 Å². The lowest BCUT2D eigenvalue weighted by Crippen LogP contribution is -2.29. The average Bonchev–Trinajstić information content (AvgIpc) is 2.67. The first-order chi connectivity index (χ1) is 14.0. The molecule has 0 saturated heterocycles. The van der Waals surface area contributed by atoms with Crippen molar-refractivity contribution in [1.82, 2.24) is 0 Å². The molecule has 0 saturated carbocycles. The van der Waals surface area contributed by atoms with E-state index in [1.165, 1.54) is 35.1 Å². The van der Waals surface area contributed by atoms with Gasteiger partial charge in [0.2, 0.25) is 0 Å². The summed E-state index contributed by atoms with van der Waals surface area (Å²) in [4.78, 5) is 0. The van der Waals surface area contributed by atoms with E-state index < -0.39 is 0 Å². The molecule has 1 heterocycles. The van der Waals surface area contributed by atoms with Crippen molar-refractivity contribution >= 4 is 0 Å². The third-order valence-electron chi connectivity index (χ3n) is 5.37. The zero-order chi connectivity index (χ0) is 20.9. The highest BCUT2D eigenvalue weighted by Gasteiger charge is 2.34. The van der Waals surface area contributed by atoms with Gasteiger partial charge in [-0.15, -0.1) is 0 Å². The Morgan fingerprint density at radius 1 is 1.03 bits per heavy atom. The average molecular weight is 399 g/mol. The second-order valence-electron chi connectivity index (χ2n) is 8.27. The molecule has 1 aliphatic rings. The molecule has 0 atom stereocenters. The molecule has 0 unspecified atom stereocenters. The Bertz CT molecular complexity index is 826. The molecular formula is C25H34O4. The van der Waals surface area contributed by atoms with Crippen LogP contribution < -0.4 is 9.47 Å². The molecule has 1 N–H and O–H groups in total. The molecular weight excluding hydrogens is 364 g/mol. The lowest BCUT2D eigenvalue weighted by molar-refractivity contribution is 0.0701. The molecule has 0 aromatic heterocycles. The molecule has 4 heteroatoms. The van der Waals surface area contributed by atoms with Gasteiger partial charge in [-0.1, -0.05) is 43.5 Å². The highest BCUT2D eigenvalue weighted by Crippen LogP contribution is 2.50. The summed E-state index contributed by atoms with van der Waals surface area (Å²) in [6.45, 7) is 9.82. The maximum Gasteiger partial charge on any atom is 0.132 e. The van der Waals surface area contributed by atoms with E-state index in [2.05, 4.69) is 58.0 Å². The van der Waals surface area contributed by atoms with Crippen molar-refractivity contribution in [3.05, 3.63) is 47.0 Å². The lowest BCUT2D eigenvalue weighted by Gasteiger charge is -2.36. The van der Waals surface area contributed by atoms with Crippen LogP contribution in [0.3, 0.4) is 0 Å². The van der Waals surface area contributed by atoms with Gasteiger partial charge in [0.05, 0.1) is 25.4 Å². The van der Waals surface area contributed by atoms with E-state index >= 15 is 0 Å². The number of ether oxygens (including phenoxy) is 3. The number of aliphatic hydroxyl groups is 1. The Labute approximate surface area is 174 Å². The van der Waals surface area contributed by atoms with Crippen LogP contribution in [0.15, 0.2) is 30.3 Å². The zero-order valence-corrected chi connectivity index (χ0v) is 18.2. The van der Waals surface area contributed by atoms with E-state index in [0.29, 0.717) is 19.8 Å². The van der Waals surface area contributed by atoms with Crippen molar-refractivity contribution in [2.24, 2.45) is 0 Å². The first-order valence-corrected chi connectivity index (χ1v) is 10.7. The molecule has 4 nitrogen and oxygen atoms in total. The third kappa shape index (κ3) is 5.12. The van der Waals surface area contributed by atoms with E-state index in [1.54, 1.807) is 0 Å². The summed E-state index contributed by atoms with van der Waals surface area (Å²) < 4.78 is 18.0. The van der Waals surface area contributed by atoms with E-state index in [1.807, 2.05) is 0 Å². The van der Waals surface area contributed by atoms with Crippen LogP contribution >= 0.6 is 0 Å². The van der Waals surface area contributed by atoms with Gasteiger partial charge >= 0.3 is 0 Å². The normalized spacial score (nSPS) is 14.1. The van der Waals surface area contributed by atoms with E-state index in [4.69, 9.17) is 19.3 Å². The summed E-state index contributed by atoms with van der Waals surface area (Å²) in [6.07, 6.45) is 4.60. The van der Waals surface area contributed by atoms with Crippen molar-refractivity contribution in [3.63, 3.8) is 0 Å². The quantitative estimate of drug-likeness (QED) is 0.544. The third-order valence-corrected chi connectivity index (χ3v) is 5.37. The summed E-state index contributed by atoms with van der Waals surface area (Å²) in [7, 11) is 0. The largest absolute Gasteiger partial charge is 0.490 e. The fraction of sp³-hybridized carbons (Fsp3) is 0.520. The zero-order valence-electron chi connectivity index (χ0n) is 18.2. The second kappa shape index (κ2) is 9.64. The van der Waals surface area contributed by atoms with Crippen molar-refractivity contribution in [2.45, 2.75) is 59.0 Å².